The van der Waals surface area contributed by atoms with Crippen molar-refractivity contribution in [1.29, 1.82) is 0 Å². The van der Waals surface area contributed by atoms with Crippen LogP contribution in [0.25, 0.3) is 0 Å². The number of hydrogen-bond donors (Lipinski definition) is 0. The van der Waals surface area contributed by atoms with Crippen LogP contribution in [0, 0.1) is 5.92 Å². The van der Waals surface area contributed by atoms with Gasteiger partial charge in [-0.1, -0.05) is 24.4 Å². The van der Waals surface area contributed by atoms with Crippen molar-refractivity contribution in [2.45, 2.75) is 43.2 Å². The van der Waals surface area contributed by atoms with Crippen LogP contribution in [0.15, 0.2) is 23.1 Å². The molecule has 1 saturated heterocycles. The van der Waals surface area contributed by atoms with E-state index >= 15 is 0 Å². The molecule has 1 aromatic rings. The second kappa shape index (κ2) is 8.20. The van der Waals surface area contributed by atoms with Crippen LogP contribution >= 0.6 is 11.6 Å². The number of hydrogen-bond acceptors (Lipinski definition) is 3. The number of rotatable bonds is 4. The van der Waals surface area contributed by atoms with Crippen molar-refractivity contribution in [3.8, 4) is 0 Å². The third-order valence-corrected chi connectivity index (χ3v) is 7.79. The predicted octanol–water partition coefficient (Wildman–Crippen LogP) is 3.77. The molecule has 0 spiro atoms. The number of halogens is 4. The molecule has 0 N–H and O–H groups in total. The van der Waals surface area contributed by atoms with Crippen molar-refractivity contribution >= 4 is 27.5 Å². The Labute approximate surface area is 167 Å². The van der Waals surface area contributed by atoms with E-state index in [0.717, 1.165) is 42.1 Å². The van der Waals surface area contributed by atoms with Crippen LogP contribution in [0.5, 0.6) is 0 Å². The van der Waals surface area contributed by atoms with Gasteiger partial charge in [-0.25, -0.2) is 8.42 Å². The summed E-state index contributed by atoms with van der Waals surface area (Å²) in [5, 5.41) is -0.257. The molecule has 2 aliphatic rings. The lowest BCUT2D eigenvalue weighted by atomic mass is 10.0. The zero-order chi connectivity index (χ0) is 20.5. The van der Waals surface area contributed by atoms with Crippen LogP contribution in [0.4, 0.5) is 13.2 Å². The largest absolute Gasteiger partial charge is 0.416 e. The summed E-state index contributed by atoms with van der Waals surface area (Å²) in [7, 11) is -4.18. The second-order valence-electron chi connectivity index (χ2n) is 7.28. The minimum absolute atomic E-state index is 0.0149. The summed E-state index contributed by atoms with van der Waals surface area (Å²) in [5.74, 6) is 0.416. The van der Waals surface area contributed by atoms with Crippen molar-refractivity contribution in [1.82, 2.24) is 9.21 Å². The number of carbonyl (C=O) groups is 1. The van der Waals surface area contributed by atoms with Crippen LogP contribution in [0.2, 0.25) is 5.02 Å². The Bertz CT molecular complexity index is 831. The third kappa shape index (κ3) is 4.63. The zero-order valence-electron chi connectivity index (χ0n) is 15.2. The van der Waals surface area contributed by atoms with Gasteiger partial charge in [0.1, 0.15) is 4.90 Å². The van der Waals surface area contributed by atoms with Crippen molar-refractivity contribution < 1.29 is 26.4 Å². The number of benzene rings is 1. The molecule has 0 unspecified atom stereocenters. The summed E-state index contributed by atoms with van der Waals surface area (Å²) in [6.07, 6.45) is 0.193. The fourth-order valence-electron chi connectivity index (χ4n) is 3.78. The Morgan fingerprint density at radius 2 is 1.71 bits per heavy atom. The molecule has 2 fully saturated rings. The molecule has 1 heterocycles. The van der Waals surface area contributed by atoms with E-state index in [1.807, 2.05) is 0 Å². The molecular weight excluding hydrogens is 417 g/mol. The molecule has 1 saturated carbocycles. The average molecular weight is 439 g/mol. The molecule has 10 heteroatoms. The number of piperazine rings is 1. The molecule has 5 nitrogen and oxygen atoms in total. The highest BCUT2D eigenvalue weighted by molar-refractivity contribution is 7.89. The van der Waals surface area contributed by atoms with Crippen molar-refractivity contribution in [2.24, 2.45) is 5.92 Å². The molecule has 3 rings (SSSR count). The predicted molar refractivity (Wildman–Crippen MR) is 98.4 cm³/mol. The van der Waals surface area contributed by atoms with Gasteiger partial charge >= 0.3 is 6.18 Å². The Kier molecular flexibility index (Phi) is 6.26. The lowest BCUT2D eigenvalue weighted by Gasteiger charge is -2.34. The molecule has 1 aromatic carbocycles. The van der Waals surface area contributed by atoms with Gasteiger partial charge < -0.3 is 4.90 Å². The lowest BCUT2D eigenvalue weighted by Crippen LogP contribution is -2.50. The Morgan fingerprint density at radius 3 is 2.29 bits per heavy atom. The summed E-state index contributed by atoms with van der Waals surface area (Å²) in [6.45, 7) is 0.513. The number of alkyl halides is 3. The standard InChI is InChI=1S/C18H22ClF3N2O3S/c19-15-6-5-14(18(20,21)22)12-16(15)28(26,27)24-9-7-23(8-10-24)17(25)11-13-3-1-2-4-13/h5-6,12-13H,1-4,7-11H2. The first kappa shape index (κ1) is 21.4. The van der Waals surface area contributed by atoms with E-state index in [4.69, 9.17) is 11.6 Å². The third-order valence-electron chi connectivity index (χ3n) is 5.41. The molecule has 0 bridgehead atoms. The topological polar surface area (TPSA) is 57.7 Å². The molecule has 1 aliphatic carbocycles. The van der Waals surface area contributed by atoms with Gasteiger partial charge in [-0.05, 0) is 37.0 Å². The molecule has 0 radical (unpaired) electrons. The van der Waals surface area contributed by atoms with Crippen molar-refractivity contribution in [3.63, 3.8) is 0 Å². The van der Waals surface area contributed by atoms with Crippen LogP contribution in [-0.4, -0.2) is 49.7 Å². The summed E-state index contributed by atoms with van der Waals surface area (Å²) < 4.78 is 65.5. The van der Waals surface area contributed by atoms with E-state index in [-0.39, 0.29) is 37.1 Å². The fourth-order valence-corrected chi connectivity index (χ4v) is 5.71. The molecule has 0 atom stereocenters. The Morgan fingerprint density at radius 1 is 1.11 bits per heavy atom. The van der Waals surface area contributed by atoms with Crippen LogP contribution in [0.3, 0.4) is 0 Å². The van der Waals surface area contributed by atoms with Crippen LogP contribution < -0.4 is 0 Å². The number of sulfonamides is 1. The number of nitrogens with zero attached hydrogens (tertiary/aromatic N) is 2. The maximum absolute atomic E-state index is 12.9. The average Bonchev–Trinajstić information content (AvgIpc) is 3.14. The van der Waals surface area contributed by atoms with Gasteiger partial charge in [0.05, 0.1) is 10.6 Å². The SMILES string of the molecule is O=C(CC1CCCC1)N1CCN(S(=O)(=O)c2cc(C(F)(F)F)ccc2Cl)CC1. The maximum Gasteiger partial charge on any atom is 0.416 e. The van der Waals surface area contributed by atoms with E-state index in [0.29, 0.717) is 18.4 Å². The van der Waals surface area contributed by atoms with Gasteiger partial charge in [0.15, 0.2) is 0 Å². The maximum atomic E-state index is 12.9. The normalized spacial score (nSPS) is 19.9. The zero-order valence-corrected chi connectivity index (χ0v) is 16.8. The molecule has 156 valence electrons. The van der Waals surface area contributed by atoms with E-state index < -0.39 is 26.7 Å². The first-order chi connectivity index (χ1) is 13.1. The highest BCUT2D eigenvalue weighted by Crippen LogP contribution is 2.34. The monoisotopic (exact) mass is 438 g/mol. The Hall–Kier alpha value is -1.32. The summed E-state index contributed by atoms with van der Waals surface area (Å²) in [6, 6.07) is 2.26. The highest BCUT2D eigenvalue weighted by Gasteiger charge is 2.36. The summed E-state index contributed by atoms with van der Waals surface area (Å²) >= 11 is 5.89. The van der Waals surface area contributed by atoms with E-state index in [1.54, 1.807) is 4.90 Å². The van der Waals surface area contributed by atoms with Crippen LogP contribution in [0.1, 0.15) is 37.7 Å². The van der Waals surface area contributed by atoms with E-state index in [1.165, 1.54) is 0 Å². The fraction of sp³-hybridized carbons (Fsp3) is 0.611. The minimum atomic E-state index is -4.67. The van der Waals surface area contributed by atoms with Gasteiger partial charge in [-0.3, -0.25) is 4.79 Å². The number of carbonyl (C=O) groups excluding carboxylic acids is 1. The van der Waals surface area contributed by atoms with Crippen molar-refractivity contribution in [2.75, 3.05) is 26.2 Å². The summed E-state index contributed by atoms with van der Waals surface area (Å²) in [4.78, 5) is 13.5. The van der Waals surface area contributed by atoms with E-state index in [2.05, 4.69) is 0 Å². The quantitative estimate of drug-likeness (QED) is 0.719. The van der Waals surface area contributed by atoms with Gasteiger partial charge in [-0.2, -0.15) is 17.5 Å². The Balaban J connectivity index is 1.68. The van der Waals surface area contributed by atoms with Gasteiger partial charge in [0.2, 0.25) is 15.9 Å². The highest BCUT2D eigenvalue weighted by atomic mass is 35.5. The van der Waals surface area contributed by atoms with Gasteiger partial charge in [-0.15, -0.1) is 0 Å². The first-order valence-electron chi connectivity index (χ1n) is 9.23. The minimum Gasteiger partial charge on any atom is -0.340 e. The first-order valence-corrected chi connectivity index (χ1v) is 11.1. The van der Waals surface area contributed by atoms with E-state index in [9.17, 15) is 26.4 Å². The lowest BCUT2D eigenvalue weighted by molar-refractivity contribution is -0.137. The molecule has 1 amide bonds. The van der Waals surface area contributed by atoms with Crippen LogP contribution in [-0.2, 0) is 21.0 Å². The number of amides is 1. The van der Waals surface area contributed by atoms with Gasteiger partial charge in [0.25, 0.3) is 0 Å². The molecule has 28 heavy (non-hydrogen) atoms. The van der Waals surface area contributed by atoms with Crippen molar-refractivity contribution in [3.05, 3.63) is 28.8 Å². The summed E-state index contributed by atoms with van der Waals surface area (Å²) in [5.41, 5.74) is -1.07. The molecular formula is C18H22ClF3N2O3S. The molecule has 0 aromatic heterocycles. The van der Waals surface area contributed by atoms with Gasteiger partial charge in [0, 0.05) is 32.6 Å². The molecule has 1 aliphatic heterocycles. The second-order valence-corrected chi connectivity index (χ2v) is 9.60. The smallest absolute Gasteiger partial charge is 0.340 e.